The van der Waals surface area contributed by atoms with Crippen LogP contribution in [0.25, 0.3) is 0 Å². The average molecular weight is 473 g/mol. The Morgan fingerprint density at radius 2 is 1.88 bits per heavy atom. The Bertz CT molecular complexity index is 1260. The van der Waals surface area contributed by atoms with Crippen LogP contribution >= 0.6 is 11.3 Å². The highest BCUT2D eigenvalue weighted by atomic mass is 32.2. The van der Waals surface area contributed by atoms with E-state index in [0.717, 1.165) is 23.3 Å². The molecule has 0 unspecified atom stereocenters. The van der Waals surface area contributed by atoms with Crippen molar-refractivity contribution in [2.75, 3.05) is 17.9 Å². The molecule has 4 rings (SSSR count). The van der Waals surface area contributed by atoms with Crippen molar-refractivity contribution in [3.05, 3.63) is 76.7 Å². The van der Waals surface area contributed by atoms with E-state index in [9.17, 15) is 23.1 Å². The number of esters is 1. The van der Waals surface area contributed by atoms with Gasteiger partial charge in [0.2, 0.25) is 0 Å². The molecule has 32 heavy (non-hydrogen) atoms. The first kappa shape index (κ1) is 21.8. The predicted molar refractivity (Wildman–Crippen MR) is 119 cm³/mol. The summed E-state index contributed by atoms with van der Waals surface area (Å²) in [4.78, 5) is 26.6. The van der Waals surface area contributed by atoms with Gasteiger partial charge in [-0.2, -0.15) is 0 Å². The lowest BCUT2D eigenvalue weighted by Crippen LogP contribution is -2.38. The van der Waals surface area contributed by atoms with Gasteiger partial charge in [-0.1, -0.05) is 30.3 Å². The molecule has 2 N–H and O–H groups in total. The number of fused-ring (bicyclic) bond motifs is 1. The summed E-state index contributed by atoms with van der Waals surface area (Å²) >= 11 is 1.05. The van der Waals surface area contributed by atoms with Gasteiger partial charge in [0, 0.05) is 18.8 Å². The van der Waals surface area contributed by atoms with Gasteiger partial charge in [-0.15, -0.1) is 11.3 Å². The standard InChI is InChI=1S/C22H20N2O6S2/c25-19-8-7-17(23-32(28,29)21-6-3-11-31-21)12-18(19)22(27)30-14-20(26)24-10-9-15-4-1-2-5-16(15)13-24/h1-8,11-12,23,25H,9-10,13-14H2. The molecule has 0 spiro atoms. The van der Waals surface area contributed by atoms with Crippen molar-refractivity contribution in [2.45, 2.75) is 17.2 Å². The molecule has 1 amide bonds. The van der Waals surface area contributed by atoms with Gasteiger partial charge in [0.25, 0.3) is 15.9 Å². The molecule has 1 aliphatic heterocycles. The van der Waals surface area contributed by atoms with Crippen molar-refractivity contribution >= 4 is 38.9 Å². The molecule has 0 saturated carbocycles. The Labute approximate surface area is 189 Å². The van der Waals surface area contributed by atoms with Gasteiger partial charge in [-0.3, -0.25) is 9.52 Å². The smallest absolute Gasteiger partial charge is 0.342 e. The molecule has 0 radical (unpaired) electrons. The number of anilines is 1. The number of nitrogens with zero attached hydrogens (tertiary/aromatic N) is 1. The van der Waals surface area contributed by atoms with Crippen LogP contribution in [0, 0.1) is 0 Å². The second kappa shape index (κ2) is 9.01. The third kappa shape index (κ3) is 4.76. The second-order valence-corrected chi connectivity index (χ2v) is 10.0. The number of phenols is 1. The highest BCUT2D eigenvalue weighted by Crippen LogP contribution is 2.26. The number of thiophene rings is 1. The monoisotopic (exact) mass is 472 g/mol. The molecular weight excluding hydrogens is 452 g/mol. The maximum Gasteiger partial charge on any atom is 0.342 e. The van der Waals surface area contributed by atoms with Crippen molar-refractivity contribution in [3.63, 3.8) is 0 Å². The van der Waals surface area contributed by atoms with Gasteiger partial charge < -0.3 is 14.7 Å². The summed E-state index contributed by atoms with van der Waals surface area (Å²) in [6.45, 7) is 0.488. The van der Waals surface area contributed by atoms with Crippen LogP contribution < -0.4 is 4.72 Å². The zero-order valence-electron chi connectivity index (χ0n) is 16.9. The Morgan fingerprint density at radius 3 is 2.62 bits per heavy atom. The molecule has 1 aromatic heterocycles. The van der Waals surface area contributed by atoms with E-state index in [0.29, 0.717) is 13.1 Å². The summed E-state index contributed by atoms with van der Waals surface area (Å²) in [6, 6.07) is 14.6. The molecule has 2 heterocycles. The zero-order valence-corrected chi connectivity index (χ0v) is 18.5. The van der Waals surface area contributed by atoms with Gasteiger partial charge in [-0.05, 0) is 47.2 Å². The third-order valence-electron chi connectivity index (χ3n) is 5.04. The molecule has 8 nitrogen and oxygen atoms in total. The van der Waals surface area contributed by atoms with Crippen molar-refractivity contribution in [1.82, 2.24) is 4.90 Å². The summed E-state index contributed by atoms with van der Waals surface area (Å²) in [5, 5.41) is 11.7. The number of amides is 1. The normalized spacial score (nSPS) is 13.3. The number of carbonyl (C=O) groups excluding carboxylic acids is 2. The number of benzene rings is 2. The minimum absolute atomic E-state index is 0.0853. The third-order valence-corrected chi connectivity index (χ3v) is 7.82. The van der Waals surface area contributed by atoms with E-state index in [1.54, 1.807) is 16.3 Å². The number of carbonyl (C=O) groups is 2. The van der Waals surface area contributed by atoms with Gasteiger partial charge in [0.05, 0.1) is 0 Å². The molecule has 3 aromatic rings. The van der Waals surface area contributed by atoms with Crippen LogP contribution in [0.1, 0.15) is 21.5 Å². The SMILES string of the molecule is O=C(OCC(=O)N1CCc2ccccc2C1)c1cc(NS(=O)(=O)c2cccs2)ccc1O. The lowest BCUT2D eigenvalue weighted by molar-refractivity contribution is -0.135. The number of aromatic hydroxyl groups is 1. The Morgan fingerprint density at radius 1 is 1.09 bits per heavy atom. The summed E-state index contributed by atoms with van der Waals surface area (Å²) in [6.07, 6.45) is 0.725. The van der Waals surface area contributed by atoms with E-state index in [-0.39, 0.29) is 27.1 Å². The Kier molecular flexibility index (Phi) is 6.15. The highest BCUT2D eigenvalue weighted by Gasteiger charge is 2.23. The van der Waals surface area contributed by atoms with Crippen LogP contribution in [0.5, 0.6) is 5.75 Å². The summed E-state index contributed by atoms with van der Waals surface area (Å²) < 4.78 is 32.3. The van der Waals surface area contributed by atoms with Crippen molar-refractivity contribution in [1.29, 1.82) is 0 Å². The van der Waals surface area contributed by atoms with Crippen LogP contribution in [-0.4, -0.2) is 43.5 Å². The maximum atomic E-state index is 12.5. The first-order valence-corrected chi connectivity index (χ1v) is 12.1. The zero-order chi connectivity index (χ0) is 22.7. The largest absolute Gasteiger partial charge is 0.507 e. The maximum absolute atomic E-state index is 12.5. The molecule has 166 valence electrons. The van der Waals surface area contributed by atoms with E-state index in [1.807, 2.05) is 24.3 Å². The number of hydrogen-bond acceptors (Lipinski definition) is 7. The lowest BCUT2D eigenvalue weighted by Gasteiger charge is -2.28. The molecule has 10 heteroatoms. The van der Waals surface area contributed by atoms with E-state index in [2.05, 4.69) is 4.72 Å². The molecule has 0 bridgehead atoms. The number of sulfonamides is 1. The molecule has 0 atom stereocenters. The first-order valence-electron chi connectivity index (χ1n) is 9.74. The topological polar surface area (TPSA) is 113 Å². The number of ether oxygens (including phenoxy) is 1. The summed E-state index contributed by atoms with van der Waals surface area (Å²) in [5.41, 5.74) is 2.09. The quantitative estimate of drug-likeness (QED) is 0.421. The minimum Gasteiger partial charge on any atom is -0.507 e. The number of nitrogens with one attached hydrogen (secondary N) is 1. The van der Waals surface area contributed by atoms with Gasteiger partial charge in [0.1, 0.15) is 15.5 Å². The minimum atomic E-state index is -3.82. The average Bonchev–Trinajstić information content (AvgIpc) is 3.34. The number of rotatable bonds is 6. The van der Waals surface area contributed by atoms with Crippen LogP contribution in [0.4, 0.5) is 5.69 Å². The van der Waals surface area contributed by atoms with Crippen LogP contribution in [0.3, 0.4) is 0 Å². The van der Waals surface area contributed by atoms with E-state index in [4.69, 9.17) is 4.74 Å². The first-order chi connectivity index (χ1) is 15.3. The fourth-order valence-electron chi connectivity index (χ4n) is 3.39. The van der Waals surface area contributed by atoms with Crippen LogP contribution in [-0.2, 0) is 32.5 Å². The van der Waals surface area contributed by atoms with Crippen molar-refractivity contribution in [2.24, 2.45) is 0 Å². The summed E-state index contributed by atoms with van der Waals surface area (Å²) in [7, 11) is -3.82. The summed E-state index contributed by atoms with van der Waals surface area (Å²) in [5.74, 6) is -1.65. The van der Waals surface area contributed by atoms with Crippen LogP contribution in [0.2, 0.25) is 0 Å². The van der Waals surface area contributed by atoms with E-state index >= 15 is 0 Å². The van der Waals surface area contributed by atoms with Gasteiger partial charge in [0.15, 0.2) is 6.61 Å². The molecule has 2 aromatic carbocycles. The highest BCUT2D eigenvalue weighted by molar-refractivity contribution is 7.94. The number of phenolic OH excluding ortho intramolecular Hbond substituents is 1. The second-order valence-electron chi connectivity index (χ2n) is 7.18. The van der Waals surface area contributed by atoms with Gasteiger partial charge in [-0.25, -0.2) is 13.2 Å². The molecular formula is C22H20N2O6S2. The van der Waals surface area contributed by atoms with Gasteiger partial charge >= 0.3 is 5.97 Å². The Balaban J connectivity index is 1.40. The van der Waals surface area contributed by atoms with E-state index in [1.165, 1.54) is 29.8 Å². The molecule has 0 aliphatic carbocycles. The predicted octanol–water partition coefficient (Wildman–Crippen LogP) is 3.00. The fourth-order valence-corrected chi connectivity index (χ4v) is 5.43. The Hall–Kier alpha value is -3.37. The lowest BCUT2D eigenvalue weighted by atomic mass is 10.00. The van der Waals surface area contributed by atoms with E-state index < -0.39 is 22.6 Å². The van der Waals surface area contributed by atoms with Crippen LogP contribution in [0.15, 0.2) is 64.2 Å². The number of hydrogen-bond donors (Lipinski definition) is 2. The molecule has 0 saturated heterocycles. The molecule has 0 fully saturated rings. The fraction of sp³-hybridized carbons (Fsp3) is 0.182. The van der Waals surface area contributed by atoms with Crippen molar-refractivity contribution in [3.8, 4) is 5.75 Å². The molecule has 1 aliphatic rings. The van der Waals surface area contributed by atoms with Crippen molar-refractivity contribution < 1.29 is 27.9 Å².